The second-order valence-corrected chi connectivity index (χ2v) is 6.50. The zero-order chi connectivity index (χ0) is 12.4. The third-order valence-corrected chi connectivity index (χ3v) is 4.31. The summed E-state index contributed by atoms with van der Waals surface area (Å²) in [6.45, 7) is 2.08. The van der Waals surface area contributed by atoms with E-state index in [1.807, 2.05) is 6.07 Å². The van der Waals surface area contributed by atoms with Gasteiger partial charge in [-0.15, -0.1) is 11.3 Å². The molecule has 2 aromatic rings. The highest BCUT2D eigenvalue weighted by Gasteiger charge is 2.18. The monoisotopic (exact) mass is 375 g/mol. The summed E-state index contributed by atoms with van der Waals surface area (Å²) in [4.78, 5) is 5.66. The third-order valence-electron chi connectivity index (χ3n) is 2.36. The van der Waals surface area contributed by atoms with Gasteiger partial charge >= 0.3 is 0 Å². The molecule has 90 valence electrons. The first kappa shape index (κ1) is 13.2. The van der Waals surface area contributed by atoms with Crippen molar-refractivity contribution in [3.05, 3.63) is 48.8 Å². The SMILES string of the molecule is Cc1cc(C(NN)c2ncc(Br)cc2Br)cs1. The number of nitrogens with two attached hydrogens (primary N) is 1. The van der Waals surface area contributed by atoms with Crippen molar-refractivity contribution in [3.8, 4) is 0 Å². The number of pyridine rings is 1. The van der Waals surface area contributed by atoms with Gasteiger partial charge in [0.1, 0.15) is 0 Å². The zero-order valence-corrected chi connectivity index (χ0v) is 13.1. The molecule has 0 bridgehead atoms. The molecule has 1 unspecified atom stereocenters. The fourth-order valence-electron chi connectivity index (χ4n) is 1.59. The van der Waals surface area contributed by atoms with Crippen LogP contribution in [0.4, 0.5) is 0 Å². The zero-order valence-electron chi connectivity index (χ0n) is 9.08. The smallest absolute Gasteiger partial charge is 0.0901 e. The van der Waals surface area contributed by atoms with Crippen LogP contribution in [-0.2, 0) is 0 Å². The summed E-state index contributed by atoms with van der Waals surface area (Å²) in [6, 6.07) is 3.99. The molecule has 6 heteroatoms. The number of rotatable bonds is 3. The minimum Gasteiger partial charge on any atom is -0.271 e. The summed E-state index contributed by atoms with van der Waals surface area (Å²) in [7, 11) is 0. The van der Waals surface area contributed by atoms with Crippen molar-refractivity contribution in [3.63, 3.8) is 0 Å². The Balaban J connectivity index is 2.42. The Labute approximate surface area is 121 Å². The van der Waals surface area contributed by atoms with Gasteiger partial charge in [0.05, 0.1) is 11.7 Å². The number of aryl methyl sites for hydroxylation is 1. The van der Waals surface area contributed by atoms with Crippen molar-refractivity contribution in [2.45, 2.75) is 13.0 Å². The van der Waals surface area contributed by atoms with Crippen LogP contribution < -0.4 is 11.3 Å². The van der Waals surface area contributed by atoms with Crippen LogP contribution in [0.3, 0.4) is 0 Å². The Kier molecular flexibility index (Phi) is 4.32. The van der Waals surface area contributed by atoms with Gasteiger partial charge in [-0.2, -0.15) is 0 Å². The van der Waals surface area contributed by atoms with Crippen LogP contribution in [0.25, 0.3) is 0 Å². The molecule has 2 heterocycles. The maximum absolute atomic E-state index is 5.64. The molecule has 17 heavy (non-hydrogen) atoms. The van der Waals surface area contributed by atoms with Crippen molar-refractivity contribution in [1.82, 2.24) is 10.4 Å². The van der Waals surface area contributed by atoms with Gasteiger partial charge in [0, 0.05) is 20.0 Å². The molecule has 0 radical (unpaired) electrons. The molecular formula is C11H11Br2N3S. The minimum atomic E-state index is -0.0950. The molecule has 0 saturated carbocycles. The van der Waals surface area contributed by atoms with Crippen molar-refractivity contribution < 1.29 is 0 Å². The van der Waals surface area contributed by atoms with Gasteiger partial charge in [-0.05, 0) is 61.9 Å². The fraction of sp³-hybridized carbons (Fsp3) is 0.182. The van der Waals surface area contributed by atoms with Crippen LogP contribution in [0, 0.1) is 6.92 Å². The summed E-state index contributed by atoms with van der Waals surface area (Å²) in [5.74, 6) is 5.64. The fourth-order valence-corrected chi connectivity index (χ4v) is 3.53. The summed E-state index contributed by atoms with van der Waals surface area (Å²) in [6.07, 6.45) is 1.77. The van der Waals surface area contributed by atoms with Gasteiger partial charge in [0.25, 0.3) is 0 Å². The number of thiophene rings is 1. The molecule has 0 saturated heterocycles. The van der Waals surface area contributed by atoms with Crippen LogP contribution >= 0.6 is 43.2 Å². The second-order valence-electron chi connectivity index (χ2n) is 3.61. The Morgan fingerprint density at radius 3 is 2.71 bits per heavy atom. The molecule has 0 spiro atoms. The van der Waals surface area contributed by atoms with E-state index < -0.39 is 0 Å². The Bertz CT molecular complexity index is 527. The maximum Gasteiger partial charge on any atom is 0.0901 e. The normalized spacial score (nSPS) is 12.7. The van der Waals surface area contributed by atoms with E-state index in [2.05, 4.69) is 60.6 Å². The quantitative estimate of drug-likeness (QED) is 0.636. The molecule has 0 aliphatic heterocycles. The molecule has 0 aromatic carbocycles. The van der Waals surface area contributed by atoms with Crippen molar-refractivity contribution in [1.29, 1.82) is 0 Å². The maximum atomic E-state index is 5.64. The highest BCUT2D eigenvalue weighted by atomic mass is 79.9. The molecule has 2 rings (SSSR count). The molecule has 0 aliphatic rings. The van der Waals surface area contributed by atoms with E-state index in [0.29, 0.717) is 0 Å². The topological polar surface area (TPSA) is 50.9 Å². The summed E-state index contributed by atoms with van der Waals surface area (Å²) in [5, 5.41) is 2.09. The predicted molar refractivity (Wildman–Crippen MR) is 77.9 cm³/mol. The van der Waals surface area contributed by atoms with Crippen LogP contribution in [0.1, 0.15) is 22.2 Å². The van der Waals surface area contributed by atoms with E-state index in [-0.39, 0.29) is 6.04 Å². The first-order valence-electron chi connectivity index (χ1n) is 4.94. The molecular weight excluding hydrogens is 366 g/mol. The molecule has 0 aliphatic carbocycles. The average Bonchev–Trinajstić information content (AvgIpc) is 2.69. The first-order valence-corrected chi connectivity index (χ1v) is 7.40. The summed E-state index contributed by atoms with van der Waals surface area (Å²) >= 11 is 8.60. The highest BCUT2D eigenvalue weighted by Crippen LogP contribution is 2.30. The Hall–Kier alpha value is -0.270. The van der Waals surface area contributed by atoms with Crippen LogP contribution in [0.2, 0.25) is 0 Å². The van der Waals surface area contributed by atoms with E-state index in [9.17, 15) is 0 Å². The molecule has 3 nitrogen and oxygen atoms in total. The van der Waals surface area contributed by atoms with E-state index in [1.54, 1.807) is 17.5 Å². The van der Waals surface area contributed by atoms with E-state index >= 15 is 0 Å². The molecule has 1 atom stereocenters. The van der Waals surface area contributed by atoms with Gasteiger partial charge in [-0.1, -0.05) is 0 Å². The number of nitrogens with one attached hydrogen (secondary N) is 1. The first-order chi connectivity index (χ1) is 8.11. The second kappa shape index (κ2) is 5.58. The molecule has 2 aromatic heterocycles. The van der Waals surface area contributed by atoms with Crippen LogP contribution in [0.15, 0.2) is 32.7 Å². The van der Waals surface area contributed by atoms with E-state index in [1.165, 1.54) is 4.88 Å². The highest BCUT2D eigenvalue weighted by molar-refractivity contribution is 9.11. The Morgan fingerprint density at radius 2 is 2.18 bits per heavy atom. The standard InChI is InChI=1S/C11H11Br2N3S/c1-6-2-7(5-17-6)10(16-14)11-9(13)3-8(12)4-15-11/h2-5,10,16H,14H2,1H3. The Morgan fingerprint density at radius 1 is 1.41 bits per heavy atom. The number of hydrogen-bond donors (Lipinski definition) is 2. The van der Waals surface area contributed by atoms with Gasteiger partial charge < -0.3 is 0 Å². The third kappa shape index (κ3) is 2.95. The predicted octanol–water partition coefficient (Wildman–Crippen LogP) is 3.53. The van der Waals surface area contributed by atoms with Gasteiger partial charge in [0.2, 0.25) is 0 Å². The van der Waals surface area contributed by atoms with Crippen molar-refractivity contribution in [2.75, 3.05) is 0 Å². The lowest BCUT2D eigenvalue weighted by molar-refractivity contribution is 0.619. The van der Waals surface area contributed by atoms with Crippen LogP contribution in [-0.4, -0.2) is 4.98 Å². The van der Waals surface area contributed by atoms with Gasteiger partial charge in [0.15, 0.2) is 0 Å². The summed E-state index contributed by atoms with van der Waals surface area (Å²) < 4.78 is 1.86. The number of halogens is 2. The lowest BCUT2D eigenvalue weighted by atomic mass is 10.1. The number of hydrazine groups is 1. The lowest BCUT2D eigenvalue weighted by Crippen LogP contribution is -2.29. The molecule has 0 fully saturated rings. The molecule has 0 amide bonds. The largest absolute Gasteiger partial charge is 0.271 e. The molecule has 3 N–H and O–H groups in total. The number of hydrogen-bond acceptors (Lipinski definition) is 4. The summed E-state index contributed by atoms with van der Waals surface area (Å²) in [5.41, 5.74) is 4.82. The average molecular weight is 377 g/mol. The number of nitrogens with zero attached hydrogens (tertiary/aromatic N) is 1. The van der Waals surface area contributed by atoms with Gasteiger partial charge in [-0.25, -0.2) is 5.43 Å². The van der Waals surface area contributed by atoms with E-state index in [0.717, 1.165) is 20.2 Å². The van der Waals surface area contributed by atoms with Crippen LogP contribution in [0.5, 0.6) is 0 Å². The number of aromatic nitrogens is 1. The lowest BCUT2D eigenvalue weighted by Gasteiger charge is -2.15. The van der Waals surface area contributed by atoms with Gasteiger partial charge in [-0.3, -0.25) is 10.8 Å². The van der Waals surface area contributed by atoms with Crippen molar-refractivity contribution in [2.24, 2.45) is 5.84 Å². The minimum absolute atomic E-state index is 0.0950. The van der Waals surface area contributed by atoms with Crippen molar-refractivity contribution >= 4 is 43.2 Å². The van der Waals surface area contributed by atoms with E-state index in [4.69, 9.17) is 5.84 Å².